The number of benzene rings is 3. The van der Waals surface area contributed by atoms with E-state index in [1.54, 1.807) is 0 Å². The number of nitrogens with zero attached hydrogens (tertiary/aromatic N) is 1. The van der Waals surface area contributed by atoms with Gasteiger partial charge in [0.1, 0.15) is 12.4 Å². The summed E-state index contributed by atoms with van der Waals surface area (Å²) in [5, 5.41) is 9.24. The monoisotopic (exact) mass is 456 g/mol. The average molecular weight is 457 g/mol. The fourth-order valence-corrected chi connectivity index (χ4v) is 5.34. The SMILES string of the molecule is NCc1cccc(-c2cc(COc3ccccc3CC(=O)O)cc(N3CCC4(CCC4)C3)c2)c1. The topological polar surface area (TPSA) is 75.8 Å². The van der Waals surface area contributed by atoms with Gasteiger partial charge in [-0.2, -0.15) is 0 Å². The second kappa shape index (κ2) is 9.51. The van der Waals surface area contributed by atoms with Gasteiger partial charge in [0.25, 0.3) is 0 Å². The Kier molecular flexibility index (Phi) is 6.29. The average Bonchev–Trinajstić information content (AvgIpc) is 3.30. The Balaban J connectivity index is 1.45. The first kappa shape index (κ1) is 22.5. The number of hydrogen-bond donors (Lipinski definition) is 2. The summed E-state index contributed by atoms with van der Waals surface area (Å²) in [6.07, 6.45) is 5.27. The van der Waals surface area contributed by atoms with Gasteiger partial charge in [-0.15, -0.1) is 0 Å². The zero-order chi connectivity index (χ0) is 23.5. The summed E-state index contributed by atoms with van der Waals surface area (Å²) in [7, 11) is 0. The lowest BCUT2D eigenvalue weighted by Gasteiger charge is -2.38. The molecular formula is C29H32N2O3. The highest BCUT2D eigenvalue weighted by molar-refractivity contribution is 5.72. The molecule has 1 saturated carbocycles. The van der Waals surface area contributed by atoms with Crippen LogP contribution in [0.5, 0.6) is 5.75 Å². The number of nitrogens with two attached hydrogens (primary N) is 1. The largest absolute Gasteiger partial charge is 0.489 e. The molecule has 0 radical (unpaired) electrons. The minimum absolute atomic E-state index is 0.0524. The zero-order valence-corrected chi connectivity index (χ0v) is 19.5. The van der Waals surface area contributed by atoms with E-state index in [0.717, 1.165) is 35.3 Å². The van der Waals surface area contributed by atoms with Crippen molar-refractivity contribution in [2.45, 2.75) is 45.3 Å². The van der Waals surface area contributed by atoms with Gasteiger partial charge in [-0.25, -0.2) is 0 Å². The summed E-state index contributed by atoms with van der Waals surface area (Å²) in [5.74, 6) is -0.240. The molecule has 0 aromatic heterocycles. The first-order valence-electron chi connectivity index (χ1n) is 12.1. The lowest BCUT2D eigenvalue weighted by Crippen LogP contribution is -2.33. The first-order valence-corrected chi connectivity index (χ1v) is 12.1. The molecule has 5 rings (SSSR count). The van der Waals surface area contributed by atoms with Crippen LogP contribution in [0.1, 0.15) is 42.4 Å². The highest BCUT2D eigenvalue weighted by Gasteiger charge is 2.42. The molecule has 5 nitrogen and oxygen atoms in total. The van der Waals surface area contributed by atoms with Gasteiger partial charge in [0.15, 0.2) is 0 Å². The van der Waals surface area contributed by atoms with Crippen LogP contribution < -0.4 is 15.4 Å². The number of carbonyl (C=O) groups is 1. The fourth-order valence-electron chi connectivity index (χ4n) is 5.34. The van der Waals surface area contributed by atoms with Crippen molar-refractivity contribution < 1.29 is 14.6 Å². The maximum Gasteiger partial charge on any atom is 0.307 e. The molecule has 2 fully saturated rings. The molecule has 2 aliphatic rings. The molecule has 3 aromatic carbocycles. The Morgan fingerprint density at radius 2 is 1.79 bits per heavy atom. The molecule has 1 spiro atoms. The normalized spacial score (nSPS) is 16.4. The molecular weight excluding hydrogens is 424 g/mol. The Bertz CT molecular complexity index is 1190. The van der Waals surface area contributed by atoms with E-state index in [0.29, 0.717) is 29.9 Å². The third-order valence-corrected chi connectivity index (χ3v) is 7.40. The Morgan fingerprint density at radius 3 is 2.53 bits per heavy atom. The fraction of sp³-hybridized carbons (Fsp3) is 0.345. The second-order valence-corrected chi connectivity index (χ2v) is 9.78. The van der Waals surface area contributed by atoms with Crippen molar-refractivity contribution in [1.29, 1.82) is 0 Å². The van der Waals surface area contributed by atoms with Crippen molar-refractivity contribution in [3.05, 3.63) is 83.4 Å². The zero-order valence-electron chi connectivity index (χ0n) is 19.5. The summed E-state index contributed by atoms with van der Waals surface area (Å²) >= 11 is 0. The Hall–Kier alpha value is -3.31. The molecule has 0 bridgehead atoms. The van der Waals surface area contributed by atoms with Crippen molar-refractivity contribution in [3.8, 4) is 16.9 Å². The predicted octanol–water partition coefficient (Wildman–Crippen LogP) is 5.40. The van der Waals surface area contributed by atoms with E-state index in [1.165, 1.54) is 31.4 Å². The van der Waals surface area contributed by atoms with Crippen LogP contribution in [0, 0.1) is 5.41 Å². The number of aliphatic carboxylic acids is 1. The molecule has 0 unspecified atom stereocenters. The standard InChI is InChI=1S/C29H32N2O3/c30-18-21-5-3-7-23(13-21)25-14-22(19-34-27-8-2-1-6-24(27)17-28(32)33)15-26(16-25)31-12-11-29(20-31)9-4-10-29/h1-3,5-8,13-16H,4,9-12,17-20,30H2,(H,32,33). The smallest absolute Gasteiger partial charge is 0.307 e. The molecule has 3 N–H and O–H groups in total. The number of anilines is 1. The molecule has 5 heteroatoms. The second-order valence-electron chi connectivity index (χ2n) is 9.78. The molecule has 1 saturated heterocycles. The molecule has 0 atom stereocenters. The van der Waals surface area contributed by atoms with Crippen molar-refractivity contribution in [3.63, 3.8) is 0 Å². The minimum atomic E-state index is -0.862. The number of ether oxygens (including phenoxy) is 1. The van der Waals surface area contributed by atoms with Crippen molar-refractivity contribution >= 4 is 11.7 Å². The van der Waals surface area contributed by atoms with Gasteiger partial charge in [0.05, 0.1) is 6.42 Å². The van der Waals surface area contributed by atoms with Crippen LogP contribution >= 0.6 is 0 Å². The van der Waals surface area contributed by atoms with Crippen LogP contribution in [0.2, 0.25) is 0 Å². The highest BCUT2D eigenvalue weighted by Crippen LogP contribution is 2.49. The summed E-state index contributed by atoms with van der Waals surface area (Å²) in [4.78, 5) is 13.8. The number of para-hydroxylation sites is 1. The molecule has 176 valence electrons. The van der Waals surface area contributed by atoms with E-state index in [-0.39, 0.29) is 6.42 Å². The van der Waals surface area contributed by atoms with Crippen molar-refractivity contribution in [2.24, 2.45) is 11.1 Å². The van der Waals surface area contributed by atoms with Crippen LogP contribution in [-0.2, 0) is 24.4 Å². The van der Waals surface area contributed by atoms with E-state index in [9.17, 15) is 9.90 Å². The summed E-state index contributed by atoms with van der Waals surface area (Å²) in [6, 6.07) is 22.5. The van der Waals surface area contributed by atoms with Gasteiger partial charge in [-0.3, -0.25) is 4.79 Å². The summed E-state index contributed by atoms with van der Waals surface area (Å²) in [5.41, 5.74) is 12.8. The van der Waals surface area contributed by atoms with Gasteiger partial charge < -0.3 is 20.5 Å². The quantitative estimate of drug-likeness (QED) is 0.475. The van der Waals surface area contributed by atoms with Crippen LogP contribution in [0.15, 0.2) is 66.7 Å². The van der Waals surface area contributed by atoms with Gasteiger partial charge in [-0.1, -0.05) is 42.8 Å². The van der Waals surface area contributed by atoms with Crippen molar-refractivity contribution in [1.82, 2.24) is 0 Å². The maximum atomic E-state index is 11.3. The van der Waals surface area contributed by atoms with E-state index >= 15 is 0 Å². The highest BCUT2D eigenvalue weighted by atomic mass is 16.5. The van der Waals surface area contributed by atoms with Crippen LogP contribution in [0.3, 0.4) is 0 Å². The number of rotatable bonds is 8. The van der Waals surface area contributed by atoms with E-state index < -0.39 is 5.97 Å². The third-order valence-electron chi connectivity index (χ3n) is 7.40. The minimum Gasteiger partial charge on any atom is -0.489 e. The summed E-state index contributed by atoms with van der Waals surface area (Å²) < 4.78 is 6.15. The van der Waals surface area contributed by atoms with Gasteiger partial charge in [-0.05, 0) is 77.3 Å². The predicted molar refractivity (Wildman–Crippen MR) is 135 cm³/mol. The maximum absolute atomic E-state index is 11.3. The molecule has 1 heterocycles. The van der Waals surface area contributed by atoms with Crippen LogP contribution in [-0.4, -0.2) is 24.2 Å². The lowest BCUT2D eigenvalue weighted by atomic mass is 9.68. The lowest BCUT2D eigenvalue weighted by molar-refractivity contribution is -0.136. The first-order chi connectivity index (χ1) is 16.5. The Labute approximate surface area is 201 Å². The molecule has 3 aromatic rings. The Morgan fingerprint density at radius 1 is 0.971 bits per heavy atom. The van der Waals surface area contributed by atoms with Crippen LogP contribution in [0.25, 0.3) is 11.1 Å². The van der Waals surface area contributed by atoms with E-state index in [2.05, 4.69) is 47.4 Å². The number of carboxylic acid groups (broad SMARTS) is 1. The van der Waals surface area contributed by atoms with Crippen LogP contribution in [0.4, 0.5) is 5.69 Å². The van der Waals surface area contributed by atoms with Gasteiger partial charge in [0, 0.05) is 30.9 Å². The number of carboxylic acids is 1. The van der Waals surface area contributed by atoms with Crippen molar-refractivity contribution in [2.75, 3.05) is 18.0 Å². The van der Waals surface area contributed by atoms with E-state index in [1.807, 2.05) is 24.3 Å². The third kappa shape index (κ3) is 4.80. The molecule has 1 aliphatic carbocycles. The summed E-state index contributed by atoms with van der Waals surface area (Å²) in [6.45, 7) is 3.11. The molecule has 0 amide bonds. The molecule has 34 heavy (non-hydrogen) atoms. The van der Waals surface area contributed by atoms with Gasteiger partial charge in [0.2, 0.25) is 0 Å². The van der Waals surface area contributed by atoms with E-state index in [4.69, 9.17) is 10.5 Å². The number of hydrogen-bond acceptors (Lipinski definition) is 4. The van der Waals surface area contributed by atoms with Gasteiger partial charge >= 0.3 is 5.97 Å². The molecule has 1 aliphatic heterocycles.